The number of para-hydroxylation sites is 1. The lowest BCUT2D eigenvalue weighted by Gasteiger charge is -2.22. The van der Waals surface area contributed by atoms with Crippen LogP contribution in [0.2, 0.25) is 0 Å². The van der Waals surface area contributed by atoms with E-state index in [1.165, 1.54) is 5.56 Å². The highest BCUT2D eigenvalue weighted by molar-refractivity contribution is 5.39. The van der Waals surface area contributed by atoms with Gasteiger partial charge in [0.1, 0.15) is 0 Å². The average molecular weight is 325 g/mol. The van der Waals surface area contributed by atoms with E-state index in [1.807, 2.05) is 18.2 Å². The van der Waals surface area contributed by atoms with Crippen molar-refractivity contribution in [3.63, 3.8) is 0 Å². The van der Waals surface area contributed by atoms with Crippen LogP contribution < -0.4 is 0 Å². The van der Waals surface area contributed by atoms with E-state index in [0.717, 1.165) is 44.7 Å². The third-order valence-electron chi connectivity index (χ3n) is 4.51. The van der Waals surface area contributed by atoms with Crippen LogP contribution in [0.3, 0.4) is 0 Å². The fourth-order valence-electron chi connectivity index (χ4n) is 3.25. The van der Waals surface area contributed by atoms with Crippen molar-refractivity contribution in [2.24, 2.45) is 0 Å². The average Bonchev–Trinajstić information content (AvgIpc) is 2.81. The van der Waals surface area contributed by atoms with E-state index in [1.54, 1.807) is 12.1 Å². The first-order chi connectivity index (χ1) is 11.7. The molecule has 1 aliphatic heterocycles. The highest BCUT2D eigenvalue weighted by Crippen LogP contribution is 2.20. The summed E-state index contributed by atoms with van der Waals surface area (Å²) in [6, 6.07) is 17.6. The molecule has 0 spiro atoms. The molecular formula is C19H23N3O2. The van der Waals surface area contributed by atoms with Gasteiger partial charge in [0.15, 0.2) is 0 Å². The van der Waals surface area contributed by atoms with Crippen molar-refractivity contribution in [3.8, 4) is 0 Å². The minimum atomic E-state index is -0.283. The third kappa shape index (κ3) is 4.40. The second-order valence-corrected chi connectivity index (χ2v) is 6.28. The van der Waals surface area contributed by atoms with Crippen molar-refractivity contribution >= 4 is 5.69 Å². The second-order valence-electron chi connectivity index (χ2n) is 6.28. The van der Waals surface area contributed by atoms with Crippen molar-refractivity contribution in [2.75, 3.05) is 26.2 Å². The Bertz CT molecular complexity index is 675. The molecule has 1 fully saturated rings. The number of hydrogen-bond acceptors (Lipinski definition) is 4. The van der Waals surface area contributed by atoms with Crippen molar-refractivity contribution in [1.29, 1.82) is 0 Å². The van der Waals surface area contributed by atoms with Gasteiger partial charge < -0.3 is 0 Å². The van der Waals surface area contributed by atoms with Crippen LogP contribution >= 0.6 is 0 Å². The van der Waals surface area contributed by atoms with Crippen molar-refractivity contribution in [2.45, 2.75) is 19.5 Å². The lowest BCUT2D eigenvalue weighted by atomic mass is 10.1. The van der Waals surface area contributed by atoms with Gasteiger partial charge in [-0.1, -0.05) is 48.5 Å². The molecule has 0 N–H and O–H groups in total. The van der Waals surface area contributed by atoms with E-state index in [4.69, 9.17) is 0 Å². The maximum atomic E-state index is 11.2. The molecule has 0 aromatic heterocycles. The van der Waals surface area contributed by atoms with Gasteiger partial charge in [0, 0.05) is 37.8 Å². The van der Waals surface area contributed by atoms with E-state index in [2.05, 4.69) is 34.1 Å². The zero-order chi connectivity index (χ0) is 16.8. The topological polar surface area (TPSA) is 49.6 Å². The Labute approximate surface area is 142 Å². The Balaban J connectivity index is 1.59. The van der Waals surface area contributed by atoms with Crippen LogP contribution in [0.15, 0.2) is 54.6 Å². The lowest BCUT2D eigenvalue weighted by Crippen LogP contribution is -2.30. The summed E-state index contributed by atoms with van der Waals surface area (Å²) in [6.45, 7) is 5.62. The molecule has 1 heterocycles. The minimum Gasteiger partial charge on any atom is -0.298 e. The number of rotatable bonds is 5. The van der Waals surface area contributed by atoms with Crippen LogP contribution in [0.4, 0.5) is 5.69 Å². The van der Waals surface area contributed by atoms with E-state index >= 15 is 0 Å². The van der Waals surface area contributed by atoms with Crippen molar-refractivity contribution in [1.82, 2.24) is 9.80 Å². The van der Waals surface area contributed by atoms with Crippen LogP contribution in [0, 0.1) is 10.1 Å². The molecule has 0 amide bonds. The van der Waals surface area contributed by atoms with E-state index in [9.17, 15) is 10.1 Å². The molecule has 0 aliphatic carbocycles. The van der Waals surface area contributed by atoms with Gasteiger partial charge in [-0.3, -0.25) is 19.9 Å². The zero-order valence-electron chi connectivity index (χ0n) is 13.8. The van der Waals surface area contributed by atoms with Gasteiger partial charge >= 0.3 is 0 Å². The summed E-state index contributed by atoms with van der Waals surface area (Å²) in [5, 5.41) is 11.2. The molecule has 5 nitrogen and oxygen atoms in total. The summed E-state index contributed by atoms with van der Waals surface area (Å²) in [7, 11) is 0. The predicted molar refractivity (Wildman–Crippen MR) is 94.7 cm³/mol. The van der Waals surface area contributed by atoms with Crippen LogP contribution in [0.1, 0.15) is 17.5 Å². The van der Waals surface area contributed by atoms with E-state index in [0.29, 0.717) is 6.54 Å². The molecule has 5 heteroatoms. The lowest BCUT2D eigenvalue weighted by molar-refractivity contribution is -0.385. The van der Waals surface area contributed by atoms with Crippen LogP contribution in [-0.2, 0) is 13.1 Å². The zero-order valence-corrected chi connectivity index (χ0v) is 13.8. The highest BCUT2D eigenvalue weighted by atomic mass is 16.6. The molecule has 126 valence electrons. The smallest absolute Gasteiger partial charge is 0.273 e. The van der Waals surface area contributed by atoms with Gasteiger partial charge in [0.05, 0.1) is 4.92 Å². The Hall–Kier alpha value is -2.24. The first-order valence-electron chi connectivity index (χ1n) is 8.43. The van der Waals surface area contributed by atoms with Gasteiger partial charge in [-0.25, -0.2) is 0 Å². The SMILES string of the molecule is O=[N+]([O-])c1ccccc1CN1CCCN(Cc2ccccc2)CC1. The number of benzene rings is 2. The molecule has 0 saturated carbocycles. The molecule has 2 aromatic rings. The fourth-order valence-corrected chi connectivity index (χ4v) is 3.25. The first-order valence-corrected chi connectivity index (χ1v) is 8.43. The maximum Gasteiger partial charge on any atom is 0.273 e. The summed E-state index contributed by atoms with van der Waals surface area (Å²) in [5.41, 5.74) is 2.37. The Kier molecular flexibility index (Phi) is 5.56. The fraction of sp³-hybridized carbons (Fsp3) is 0.368. The highest BCUT2D eigenvalue weighted by Gasteiger charge is 2.19. The van der Waals surface area contributed by atoms with Crippen LogP contribution in [-0.4, -0.2) is 40.9 Å². The number of hydrogen-bond donors (Lipinski definition) is 0. The summed E-state index contributed by atoms with van der Waals surface area (Å²) in [6.07, 6.45) is 1.09. The summed E-state index contributed by atoms with van der Waals surface area (Å²) in [4.78, 5) is 15.7. The molecule has 0 atom stereocenters. The van der Waals surface area contributed by atoms with Gasteiger partial charge in [0.2, 0.25) is 0 Å². The van der Waals surface area contributed by atoms with Crippen LogP contribution in [0.5, 0.6) is 0 Å². The van der Waals surface area contributed by atoms with Gasteiger partial charge in [-0.15, -0.1) is 0 Å². The molecule has 24 heavy (non-hydrogen) atoms. The maximum absolute atomic E-state index is 11.2. The molecule has 2 aromatic carbocycles. The molecule has 0 bridgehead atoms. The van der Waals surface area contributed by atoms with Gasteiger partial charge in [0.25, 0.3) is 5.69 Å². The van der Waals surface area contributed by atoms with Crippen molar-refractivity contribution < 1.29 is 4.92 Å². The Morgan fingerprint density at radius 1 is 0.833 bits per heavy atom. The Morgan fingerprint density at radius 3 is 2.17 bits per heavy atom. The number of nitro benzene ring substituents is 1. The van der Waals surface area contributed by atoms with Crippen molar-refractivity contribution in [3.05, 3.63) is 75.8 Å². The molecule has 1 aliphatic rings. The largest absolute Gasteiger partial charge is 0.298 e. The molecule has 0 radical (unpaired) electrons. The monoisotopic (exact) mass is 325 g/mol. The first kappa shape index (κ1) is 16.6. The minimum absolute atomic E-state index is 0.225. The number of nitrogens with zero attached hydrogens (tertiary/aromatic N) is 3. The molecule has 3 rings (SSSR count). The van der Waals surface area contributed by atoms with E-state index < -0.39 is 0 Å². The molecule has 1 saturated heterocycles. The predicted octanol–water partition coefficient (Wildman–Crippen LogP) is 3.30. The summed E-state index contributed by atoms with van der Waals surface area (Å²) in [5.74, 6) is 0. The summed E-state index contributed by atoms with van der Waals surface area (Å²) >= 11 is 0. The third-order valence-corrected chi connectivity index (χ3v) is 4.51. The Morgan fingerprint density at radius 2 is 1.46 bits per heavy atom. The normalized spacial score (nSPS) is 16.7. The second kappa shape index (κ2) is 8.04. The molecular weight excluding hydrogens is 302 g/mol. The quantitative estimate of drug-likeness (QED) is 0.625. The van der Waals surface area contributed by atoms with Crippen LogP contribution in [0.25, 0.3) is 0 Å². The summed E-state index contributed by atoms with van der Waals surface area (Å²) < 4.78 is 0. The number of nitro groups is 1. The van der Waals surface area contributed by atoms with Gasteiger partial charge in [-0.05, 0) is 25.1 Å². The van der Waals surface area contributed by atoms with Gasteiger partial charge in [-0.2, -0.15) is 0 Å². The molecule has 0 unspecified atom stereocenters. The standard InChI is InChI=1S/C19H23N3O2/c23-22(24)19-10-5-4-9-18(19)16-21-12-6-11-20(13-14-21)15-17-7-2-1-3-8-17/h1-5,7-10H,6,11-16H2. The van der Waals surface area contributed by atoms with E-state index in [-0.39, 0.29) is 10.6 Å².